The zero-order chi connectivity index (χ0) is 14.2. The fourth-order valence-corrected chi connectivity index (χ4v) is 2.56. The summed E-state index contributed by atoms with van der Waals surface area (Å²) >= 11 is 0. The Kier molecular flexibility index (Phi) is 5.87. The number of hydrogen-bond acceptors (Lipinski definition) is 3. The van der Waals surface area contributed by atoms with E-state index in [1.165, 1.54) is 5.56 Å². The molecule has 1 atom stereocenters. The lowest BCUT2D eigenvalue weighted by atomic mass is 10.1. The number of nitrogens with zero attached hydrogens (tertiary/aromatic N) is 1. The Hall–Kier alpha value is -1.55. The molecule has 1 N–H and O–H groups in total. The molecule has 1 aromatic carbocycles. The molecule has 1 fully saturated rings. The number of benzene rings is 1. The maximum atomic E-state index is 11.7. The van der Waals surface area contributed by atoms with Gasteiger partial charge in [-0.05, 0) is 31.7 Å². The van der Waals surface area contributed by atoms with Crippen LogP contribution < -0.4 is 5.32 Å². The van der Waals surface area contributed by atoms with Gasteiger partial charge in [0.1, 0.15) is 0 Å². The second kappa shape index (κ2) is 7.90. The molecule has 4 heteroatoms. The molecule has 1 aliphatic rings. The lowest BCUT2D eigenvalue weighted by molar-refractivity contribution is 0.108. The average molecular weight is 276 g/mol. The van der Waals surface area contributed by atoms with Crippen LogP contribution in [-0.4, -0.2) is 36.7 Å². The van der Waals surface area contributed by atoms with Gasteiger partial charge in [-0.2, -0.15) is 0 Å². The molecule has 1 saturated heterocycles. The molecule has 0 aromatic heterocycles. The first-order valence-electron chi connectivity index (χ1n) is 7.48. The third-order valence-electron chi connectivity index (χ3n) is 3.69. The normalized spacial score (nSPS) is 19.4. The first kappa shape index (κ1) is 14.9. The van der Waals surface area contributed by atoms with Crippen molar-refractivity contribution in [1.29, 1.82) is 0 Å². The fourth-order valence-electron chi connectivity index (χ4n) is 2.56. The first-order valence-corrected chi connectivity index (χ1v) is 7.48. The molecular weight excluding hydrogens is 252 g/mol. The smallest absolute Gasteiger partial charge is 0.409 e. The van der Waals surface area contributed by atoms with Gasteiger partial charge in [0.05, 0.1) is 6.61 Å². The van der Waals surface area contributed by atoms with Crippen LogP contribution in [0.5, 0.6) is 0 Å². The minimum absolute atomic E-state index is 0.170. The Bertz CT molecular complexity index is 408. The highest BCUT2D eigenvalue weighted by Gasteiger charge is 2.20. The number of carbonyl (C=O) groups excluding carboxylic acids is 1. The van der Waals surface area contributed by atoms with E-state index >= 15 is 0 Å². The number of rotatable bonds is 4. The molecule has 1 heterocycles. The number of nitrogens with one attached hydrogen (secondary N) is 1. The van der Waals surface area contributed by atoms with Gasteiger partial charge in [0.25, 0.3) is 0 Å². The topological polar surface area (TPSA) is 41.6 Å². The molecule has 0 bridgehead atoms. The van der Waals surface area contributed by atoms with Crippen molar-refractivity contribution < 1.29 is 9.53 Å². The summed E-state index contributed by atoms with van der Waals surface area (Å²) in [5.74, 6) is 0. The minimum Gasteiger partial charge on any atom is -0.450 e. The van der Waals surface area contributed by atoms with Gasteiger partial charge in [-0.3, -0.25) is 0 Å². The maximum absolute atomic E-state index is 11.7. The molecule has 0 radical (unpaired) electrons. The summed E-state index contributed by atoms with van der Waals surface area (Å²) in [5.41, 5.74) is 1.30. The van der Waals surface area contributed by atoms with Gasteiger partial charge < -0.3 is 15.0 Å². The van der Waals surface area contributed by atoms with Gasteiger partial charge in [-0.1, -0.05) is 30.3 Å². The predicted molar refractivity (Wildman–Crippen MR) is 79.5 cm³/mol. The molecule has 0 spiro atoms. The van der Waals surface area contributed by atoms with Crippen molar-refractivity contribution in [1.82, 2.24) is 10.2 Å². The molecule has 2 rings (SSSR count). The third-order valence-corrected chi connectivity index (χ3v) is 3.69. The SMILES string of the molecule is CCOC(=O)N1CCCC(NCc2ccccc2)CC1. The quantitative estimate of drug-likeness (QED) is 0.919. The number of carbonyl (C=O) groups is 1. The lowest BCUT2D eigenvalue weighted by Crippen LogP contribution is -2.34. The Morgan fingerprint density at radius 1 is 1.30 bits per heavy atom. The highest BCUT2D eigenvalue weighted by atomic mass is 16.6. The molecule has 0 saturated carbocycles. The summed E-state index contributed by atoms with van der Waals surface area (Å²) in [5, 5.41) is 3.59. The van der Waals surface area contributed by atoms with E-state index in [1.807, 2.05) is 17.9 Å². The van der Waals surface area contributed by atoms with Gasteiger partial charge in [0.2, 0.25) is 0 Å². The Labute approximate surface area is 121 Å². The maximum Gasteiger partial charge on any atom is 0.409 e. The second-order valence-electron chi connectivity index (χ2n) is 5.18. The van der Waals surface area contributed by atoms with Crippen molar-refractivity contribution in [2.75, 3.05) is 19.7 Å². The van der Waals surface area contributed by atoms with E-state index in [0.717, 1.165) is 38.9 Å². The monoisotopic (exact) mass is 276 g/mol. The molecule has 110 valence electrons. The summed E-state index contributed by atoms with van der Waals surface area (Å²) in [6, 6.07) is 10.9. The van der Waals surface area contributed by atoms with Crippen LogP contribution >= 0.6 is 0 Å². The van der Waals surface area contributed by atoms with E-state index < -0.39 is 0 Å². The fraction of sp³-hybridized carbons (Fsp3) is 0.562. The molecule has 1 amide bonds. The van der Waals surface area contributed by atoms with Crippen LogP contribution in [0.2, 0.25) is 0 Å². The zero-order valence-electron chi connectivity index (χ0n) is 12.2. The summed E-state index contributed by atoms with van der Waals surface area (Å²) in [6.45, 7) is 4.78. The van der Waals surface area contributed by atoms with Crippen LogP contribution in [0.1, 0.15) is 31.7 Å². The third kappa shape index (κ3) is 4.53. The average Bonchev–Trinajstić information content (AvgIpc) is 2.72. The number of amides is 1. The molecule has 4 nitrogen and oxygen atoms in total. The van der Waals surface area contributed by atoms with E-state index in [-0.39, 0.29) is 6.09 Å². The zero-order valence-corrected chi connectivity index (χ0v) is 12.2. The van der Waals surface area contributed by atoms with Crippen LogP contribution in [0.4, 0.5) is 4.79 Å². The van der Waals surface area contributed by atoms with Crippen molar-refractivity contribution >= 4 is 6.09 Å². The highest BCUT2D eigenvalue weighted by molar-refractivity contribution is 5.67. The van der Waals surface area contributed by atoms with E-state index in [9.17, 15) is 4.79 Å². The van der Waals surface area contributed by atoms with Crippen molar-refractivity contribution in [3.05, 3.63) is 35.9 Å². The summed E-state index contributed by atoms with van der Waals surface area (Å²) in [4.78, 5) is 13.5. The van der Waals surface area contributed by atoms with Crippen molar-refractivity contribution in [2.24, 2.45) is 0 Å². The van der Waals surface area contributed by atoms with Crippen LogP contribution in [0, 0.1) is 0 Å². The minimum atomic E-state index is -0.170. The summed E-state index contributed by atoms with van der Waals surface area (Å²) in [6.07, 6.45) is 2.97. The molecule has 0 aliphatic carbocycles. The van der Waals surface area contributed by atoms with E-state index in [4.69, 9.17) is 4.74 Å². The largest absolute Gasteiger partial charge is 0.450 e. The van der Waals surface area contributed by atoms with Gasteiger partial charge in [-0.25, -0.2) is 4.79 Å². The van der Waals surface area contributed by atoms with Crippen molar-refractivity contribution in [3.63, 3.8) is 0 Å². The molecule has 1 aliphatic heterocycles. The number of likely N-dealkylation sites (tertiary alicyclic amines) is 1. The Balaban J connectivity index is 1.76. The van der Waals surface area contributed by atoms with Gasteiger partial charge in [-0.15, -0.1) is 0 Å². The second-order valence-corrected chi connectivity index (χ2v) is 5.18. The van der Waals surface area contributed by atoms with Crippen LogP contribution in [0.3, 0.4) is 0 Å². The van der Waals surface area contributed by atoms with Crippen molar-refractivity contribution in [3.8, 4) is 0 Å². The number of hydrogen-bond donors (Lipinski definition) is 1. The molecule has 20 heavy (non-hydrogen) atoms. The van der Waals surface area contributed by atoms with Crippen LogP contribution in [0.15, 0.2) is 30.3 Å². The van der Waals surface area contributed by atoms with E-state index in [0.29, 0.717) is 12.6 Å². The standard InChI is InChI=1S/C16H24N2O2/c1-2-20-16(19)18-11-6-9-15(10-12-18)17-13-14-7-4-3-5-8-14/h3-5,7-8,15,17H,2,6,9-13H2,1H3. The van der Waals surface area contributed by atoms with E-state index in [2.05, 4.69) is 29.6 Å². The number of ether oxygens (including phenoxy) is 1. The van der Waals surface area contributed by atoms with Crippen LogP contribution in [-0.2, 0) is 11.3 Å². The Morgan fingerprint density at radius 3 is 2.85 bits per heavy atom. The highest BCUT2D eigenvalue weighted by Crippen LogP contribution is 2.13. The van der Waals surface area contributed by atoms with E-state index in [1.54, 1.807) is 0 Å². The molecule has 1 aromatic rings. The van der Waals surface area contributed by atoms with Gasteiger partial charge >= 0.3 is 6.09 Å². The molecule has 1 unspecified atom stereocenters. The van der Waals surface area contributed by atoms with Gasteiger partial charge in [0.15, 0.2) is 0 Å². The van der Waals surface area contributed by atoms with Crippen molar-refractivity contribution in [2.45, 2.75) is 38.8 Å². The van der Waals surface area contributed by atoms with Crippen LogP contribution in [0.25, 0.3) is 0 Å². The summed E-state index contributed by atoms with van der Waals surface area (Å²) in [7, 11) is 0. The summed E-state index contributed by atoms with van der Waals surface area (Å²) < 4.78 is 5.07. The van der Waals surface area contributed by atoms with Gasteiger partial charge in [0, 0.05) is 25.7 Å². The first-order chi connectivity index (χ1) is 9.79. The Morgan fingerprint density at radius 2 is 2.10 bits per heavy atom. The lowest BCUT2D eigenvalue weighted by Gasteiger charge is -2.20. The predicted octanol–water partition coefficient (Wildman–Crippen LogP) is 2.79. The molecular formula is C16H24N2O2.